The first-order chi connectivity index (χ1) is 14.4. The number of unbranched alkanes of at least 4 members (excludes halogenated alkanes) is 1. The SMILES string of the molecule is CCCCc1oc2ccccc2c1C(=O)c1ccc(OCCNCC(C)(C)C)cc1.Cl. The van der Waals surface area contributed by atoms with Crippen molar-refractivity contribution >= 4 is 29.2 Å². The molecule has 3 rings (SSSR count). The fourth-order valence-corrected chi connectivity index (χ4v) is 3.41. The molecule has 0 unspecified atom stereocenters. The summed E-state index contributed by atoms with van der Waals surface area (Å²) in [6, 6.07) is 15.2. The molecule has 0 spiro atoms. The smallest absolute Gasteiger partial charge is 0.197 e. The molecule has 31 heavy (non-hydrogen) atoms. The first-order valence-electron chi connectivity index (χ1n) is 10.9. The summed E-state index contributed by atoms with van der Waals surface area (Å²) in [6.45, 7) is 11.1. The molecule has 0 radical (unpaired) electrons. The number of aryl methyl sites for hydroxylation is 1. The number of hydrogen-bond donors (Lipinski definition) is 1. The van der Waals surface area contributed by atoms with Gasteiger partial charge in [-0.05, 0) is 42.2 Å². The molecule has 2 aromatic carbocycles. The van der Waals surface area contributed by atoms with Gasteiger partial charge in [-0.3, -0.25) is 4.79 Å². The zero-order valence-corrected chi connectivity index (χ0v) is 19.8. The summed E-state index contributed by atoms with van der Waals surface area (Å²) in [5, 5.41) is 4.28. The van der Waals surface area contributed by atoms with Crippen LogP contribution >= 0.6 is 12.4 Å². The van der Waals surface area contributed by atoms with E-state index >= 15 is 0 Å². The number of fused-ring (bicyclic) bond motifs is 1. The zero-order valence-electron chi connectivity index (χ0n) is 19.0. The minimum atomic E-state index is 0. The van der Waals surface area contributed by atoms with Crippen LogP contribution in [0.3, 0.4) is 0 Å². The minimum absolute atomic E-state index is 0. The van der Waals surface area contributed by atoms with E-state index in [1.807, 2.05) is 48.5 Å². The molecule has 0 saturated carbocycles. The minimum Gasteiger partial charge on any atom is -0.492 e. The average Bonchev–Trinajstić information content (AvgIpc) is 3.09. The summed E-state index contributed by atoms with van der Waals surface area (Å²) in [5.41, 5.74) is 2.38. The number of carbonyl (C=O) groups excluding carboxylic acids is 1. The number of hydrogen-bond acceptors (Lipinski definition) is 4. The van der Waals surface area contributed by atoms with E-state index in [1.54, 1.807) is 0 Å². The van der Waals surface area contributed by atoms with Gasteiger partial charge in [0.15, 0.2) is 5.78 Å². The highest BCUT2D eigenvalue weighted by Crippen LogP contribution is 2.29. The predicted octanol–water partition coefficient (Wildman–Crippen LogP) is 6.44. The zero-order chi connectivity index (χ0) is 21.6. The van der Waals surface area contributed by atoms with E-state index in [0.717, 1.165) is 54.8 Å². The number of ketones is 1. The Labute approximate surface area is 191 Å². The number of furan rings is 1. The number of para-hydroxylation sites is 1. The maximum atomic E-state index is 13.3. The van der Waals surface area contributed by atoms with Crippen LogP contribution in [0.25, 0.3) is 11.0 Å². The lowest BCUT2D eigenvalue weighted by Gasteiger charge is -2.18. The monoisotopic (exact) mass is 443 g/mol. The van der Waals surface area contributed by atoms with E-state index in [1.165, 1.54) is 0 Å². The highest BCUT2D eigenvalue weighted by atomic mass is 35.5. The average molecular weight is 444 g/mol. The molecule has 0 bridgehead atoms. The lowest BCUT2D eigenvalue weighted by atomic mass is 9.97. The molecule has 0 aliphatic rings. The Kier molecular flexibility index (Phi) is 9.15. The maximum absolute atomic E-state index is 13.3. The van der Waals surface area contributed by atoms with Crippen molar-refractivity contribution in [2.75, 3.05) is 19.7 Å². The van der Waals surface area contributed by atoms with Crippen LogP contribution in [0.15, 0.2) is 52.9 Å². The van der Waals surface area contributed by atoms with Crippen LogP contribution in [0.2, 0.25) is 0 Å². The molecule has 0 fully saturated rings. The molecule has 0 saturated heterocycles. The Morgan fingerprint density at radius 2 is 1.77 bits per heavy atom. The summed E-state index contributed by atoms with van der Waals surface area (Å²) in [7, 11) is 0. The predicted molar refractivity (Wildman–Crippen MR) is 130 cm³/mol. The van der Waals surface area contributed by atoms with Crippen molar-refractivity contribution in [1.82, 2.24) is 5.32 Å². The molecule has 0 atom stereocenters. The van der Waals surface area contributed by atoms with Crippen molar-refractivity contribution in [2.45, 2.75) is 47.0 Å². The highest BCUT2D eigenvalue weighted by Gasteiger charge is 2.21. The van der Waals surface area contributed by atoms with Crippen LogP contribution in [-0.4, -0.2) is 25.5 Å². The van der Waals surface area contributed by atoms with Gasteiger partial charge in [-0.1, -0.05) is 52.3 Å². The second kappa shape index (κ2) is 11.4. The number of carbonyl (C=O) groups is 1. The largest absolute Gasteiger partial charge is 0.492 e. The van der Waals surface area contributed by atoms with E-state index in [0.29, 0.717) is 17.7 Å². The van der Waals surface area contributed by atoms with Gasteiger partial charge in [-0.25, -0.2) is 0 Å². The lowest BCUT2D eigenvalue weighted by Crippen LogP contribution is -2.30. The maximum Gasteiger partial charge on any atom is 0.197 e. The van der Waals surface area contributed by atoms with E-state index in [2.05, 4.69) is 33.0 Å². The first kappa shape index (κ1) is 25.0. The van der Waals surface area contributed by atoms with Crippen molar-refractivity contribution in [3.8, 4) is 5.75 Å². The molecule has 1 aromatic heterocycles. The molecule has 3 aromatic rings. The van der Waals surface area contributed by atoms with Gasteiger partial charge in [0.1, 0.15) is 23.7 Å². The molecule has 1 heterocycles. The fourth-order valence-electron chi connectivity index (χ4n) is 3.41. The van der Waals surface area contributed by atoms with Crippen LogP contribution in [0.5, 0.6) is 5.75 Å². The van der Waals surface area contributed by atoms with Gasteiger partial charge in [0.25, 0.3) is 0 Å². The molecule has 0 aliphatic carbocycles. The summed E-state index contributed by atoms with van der Waals surface area (Å²) in [5.74, 6) is 1.56. The van der Waals surface area contributed by atoms with Crippen molar-refractivity contribution in [3.05, 3.63) is 65.4 Å². The Balaban J connectivity index is 0.00000341. The van der Waals surface area contributed by atoms with E-state index in [-0.39, 0.29) is 23.6 Å². The summed E-state index contributed by atoms with van der Waals surface area (Å²) in [6.07, 6.45) is 2.83. The number of halogens is 1. The van der Waals surface area contributed by atoms with Gasteiger partial charge in [0.2, 0.25) is 0 Å². The van der Waals surface area contributed by atoms with Crippen LogP contribution in [0.4, 0.5) is 0 Å². The molecule has 5 heteroatoms. The second-order valence-electron chi connectivity index (χ2n) is 8.94. The van der Waals surface area contributed by atoms with Gasteiger partial charge in [-0.2, -0.15) is 0 Å². The molecular formula is C26H34ClNO3. The first-order valence-corrected chi connectivity index (χ1v) is 10.9. The quantitative estimate of drug-likeness (QED) is 0.289. The Bertz CT molecular complexity index is 970. The third-order valence-corrected chi connectivity index (χ3v) is 4.97. The van der Waals surface area contributed by atoms with Crippen molar-refractivity contribution in [1.29, 1.82) is 0 Å². The van der Waals surface area contributed by atoms with Gasteiger partial charge in [-0.15, -0.1) is 12.4 Å². The van der Waals surface area contributed by atoms with Gasteiger partial charge in [0.05, 0.1) is 5.56 Å². The molecule has 4 nitrogen and oxygen atoms in total. The topological polar surface area (TPSA) is 51.5 Å². The van der Waals surface area contributed by atoms with E-state index < -0.39 is 0 Å². The van der Waals surface area contributed by atoms with E-state index in [9.17, 15) is 4.79 Å². The van der Waals surface area contributed by atoms with Gasteiger partial charge >= 0.3 is 0 Å². The number of benzene rings is 2. The van der Waals surface area contributed by atoms with Crippen molar-refractivity contribution in [3.63, 3.8) is 0 Å². The Morgan fingerprint density at radius 1 is 1.06 bits per heavy atom. The molecule has 168 valence electrons. The van der Waals surface area contributed by atoms with Crippen LogP contribution in [-0.2, 0) is 6.42 Å². The third kappa shape index (κ3) is 6.84. The van der Waals surface area contributed by atoms with Crippen LogP contribution < -0.4 is 10.1 Å². The van der Waals surface area contributed by atoms with Crippen LogP contribution in [0, 0.1) is 5.41 Å². The van der Waals surface area contributed by atoms with E-state index in [4.69, 9.17) is 9.15 Å². The lowest BCUT2D eigenvalue weighted by molar-refractivity contribution is 0.103. The normalized spacial score (nSPS) is 11.4. The van der Waals surface area contributed by atoms with Gasteiger partial charge < -0.3 is 14.5 Å². The number of nitrogens with one attached hydrogen (secondary N) is 1. The highest BCUT2D eigenvalue weighted by molar-refractivity contribution is 6.16. The summed E-state index contributed by atoms with van der Waals surface area (Å²) >= 11 is 0. The second-order valence-corrected chi connectivity index (χ2v) is 8.94. The van der Waals surface area contributed by atoms with Crippen molar-refractivity contribution in [2.24, 2.45) is 5.41 Å². The third-order valence-electron chi connectivity index (χ3n) is 4.97. The molecule has 0 amide bonds. The Hall–Kier alpha value is -2.30. The molecule has 0 aliphatic heterocycles. The van der Waals surface area contributed by atoms with Crippen molar-refractivity contribution < 1.29 is 13.9 Å². The van der Waals surface area contributed by atoms with Gasteiger partial charge in [0, 0.05) is 30.5 Å². The number of ether oxygens (including phenoxy) is 1. The standard InChI is InChI=1S/C26H33NO3.ClH/c1-5-6-10-23-24(21-9-7-8-11-22(21)30-23)25(28)19-12-14-20(15-13-19)29-17-16-27-18-26(2,3)4;/h7-9,11-15,27H,5-6,10,16-18H2,1-4H3;1H. The van der Waals surface area contributed by atoms with Crippen LogP contribution in [0.1, 0.15) is 62.2 Å². The molecular weight excluding hydrogens is 410 g/mol. The Morgan fingerprint density at radius 3 is 2.45 bits per heavy atom. The summed E-state index contributed by atoms with van der Waals surface area (Å²) in [4.78, 5) is 13.3. The number of rotatable bonds is 10. The molecule has 1 N–H and O–H groups in total. The fraction of sp³-hybridized carbons (Fsp3) is 0.423. The summed E-state index contributed by atoms with van der Waals surface area (Å²) < 4.78 is 11.8.